The number of anilines is 1. The van der Waals surface area contributed by atoms with Crippen LogP contribution in [0.1, 0.15) is 17.7 Å². The van der Waals surface area contributed by atoms with Crippen LogP contribution < -0.4 is 5.01 Å². The molecule has 1 aliphatic heterocycles. The quantitative estimate of drug-likeness (QED) is 0.694. The van der Waals surface area contributed by atoms with Crippen LogP contribution in [0.3, 0.4) is 0 Å². The smallest absolute Gasteiger partial charge is 0.0648 e. The van der Waals surface area contributed by atoms with Crippen LogP contribution in [0.15, 0.2) is 84.2 Å². The van der Waals surface area contributed by atoms with Gasteiger partial charge < -0.3 is 0 Å². The first-order valence-corrected chi connectivity index (χ1v) is 8.98. The lowest BCUT2D eigenvalue weighted by atomic mass is 9.73. The molecule has 1 atom stereocenters. The maximum atomic E-state index is 4.70. The topological polar surface area (TPSA) is 33.4 Å². The third-order valence-electron chi connectivity index (χ3n) is 5.53. The average Bonchev–Trinajstić information content (AvgIpc) is 3.25. The van der Waals surface area contributed by atoms with E-state index < -0.39 is 0 Å². The highest BCUT2D eigenvalue weighted by molar-refractivity contribution is 5.80. The van der Waals surface area contributed by atoms with Gasteiger partial charge in [0.15, 0.2) is 0 Å². The summed E-state index contributed by atoms with van der Waals surface area (Å²) in [5, 5.41) is 11.3. The van der Waals surface area contributed by atoms with Gasteiger partial charge in [0.05, 0.1) is 23.0 Å². The van der Waals surface area contributed by atoms with E-state index >= 15 is 0 Å². The molecule has 0 amide bonds. The molecule has 0 saturated carbocycles. The van der Waals surface area contributed by atoms with Gasteiger partial charge >= 0.3 is 0 Å². The molecule has 128 valence electrons. The van der Waals surface area contributed by atoms with E-state index in [4.69, 9.17) is 5.10 Å². The first-order chi connectivity index (χ1) is 12.8. The Labute approximate surface area is 153 Å². The third kappa shape index (κ3) is 2.22. The molecule has 2 heterocycles. The molecule has 4 heteroatoms. The van der Waals surface area contributed by atoms with Gasteiger partial charge in [-0.05, 0) is 42.7 Å². The molecule has 5 rings (SSSR count). The molecule has 2 aliphatic rings. The fraction of sp³-hybridized carbons (Fsp3) is 0.182. The van der Waals surface area contributed by atoms with Crippen molar-refractivity contribution >= 4 is 11.9 Å². The lowest BCUT2D eigenvalue weighted by Crippen LogP contribution is -2.33. The Morgan fingerprint density at radius 1 is 0.923 bits per heavy atom. The molecule has 4 nitrogen and oxygen atoms in total. The number of hydrazone groups is 1. The summed E-state index contributed by atoms with van der Waals surface area (Å²) < 4.78 is 2.07. The summed E-state index contributed by atoms with van der Waals surface area (Å²) in [6.07, 6.45) is 7.00. The van der Waals surface area contributed by atoms with E-state index in [0.29, 0.717) is 0 Å². The normalized spacial score (nSPS) is 21.4. The van der Waals surface area contributed by atoms with Gasteiger partial charge in [-0.2, -0.15) is 10.2 Å². The predicted octanol–water partition coefficient (Wildman–Crippen LogP) is 4.37. The lowest BCUT2D eigenvalue weighted by molar-refractivity contribution is 0.435. The number of aromatic nitrogens is 2. The van der Waals surface area contributed by atoms with Crippen LogP contribution in [0.2, 0.25) is 0 Å². The van der Waals surface area contributed by atoms with Gasteiger partial charge in [0, 0.05) is 24.0 Å². The van der Waals surface area contributed by atoms with E-state index in [1.54, 1.807) is 0 Å². The highest BCUT2D eigenvalue weighted by Gasteiger charge is 2.43. The number of benzene rings is 2. The van der Waals surface area contributed by atoms with Crippen molar-refractivity contribution in [2.45, 2.75) is 19.3 Å². The summed E-state index contributed by atoms with van der Waals surface area (Å²) in [7, 11) is 0. The zero-order chi connectivity index (χ0) is 17.6. The van der Waals surface area contributed by atoms with Crippen molar-refractivity contribution in [2.24, 2.45) is 10.5 Å². The van der Waals surface area contributed by atoms with E-state index in [1.165, 1.54) is 11.3 Å². The first kappa shape index (κ1) is 15.1. The first-order valence-electron chi connectivity index (χ1n) is 8.98. The van der Waals surface area contributed by atoms with Gasteiger partial charge in [0.25, 0.3) is 0 Å². The summed E-state index contributed by atoms with van der Waals surface area (Å²) >= 11 is 0. The molecule has 0 radical (unpaired) electrons. The van der Waals surface area contributed by atoms with E-state index in [2.05, 4.69) is 59.0 Å². The molecule has 0 N–H and O–H groups in total. The van der Waals surface area contributed by atoms with Gasteiger partial charge in [-0.25, -0.2) is 9.69 Å². The Morgan fingerprint density at radius 3 is 2.35 bits per heavy atom. The average molecular weight is 340 g/mol. The van der Waals surface area contributed by atoms with Gasteiger partial charge in [-0.3, -0.25) is 0 Å². The predicted molar refractivity (Wildman–Crippen MR) is 105 cm³/mol. The third-order valence-corrected chi connectivity index (χ3v) is 5.53. The molecule has 1 unspecified atom stereocenters. The summed E-state index contributed by atoms with van der Waals surface area (Å²) in [5.74, 6) is 0. The number of allylic oxidation sites excluding steroid dienone is 1. The standard InChI is InChI=1S/C22H20N4/c1-17-22(16-24-25(17)19-8-4-2-5-9-19)13-12-18-15-23-26(21(18)14-22)20-10-6-3-7-11-20/h2-11,15-16H,1,12-14H2. The van der Waals surface area contributed by atoms with E-state index in [1.807, 2.05) is 35.5 Å². The van der Waals surface area contributed by atoms with Crippen molar-refractivity contribution in [3.05, 3.63) is 90.4 Å². The SMILES string of the molecule is C=C1N(c2ccccc2)N=CC12CCc1cnn(-c3ccccc3)c1C2. The van der Waals surface area contributed by atoms with E-state index in [-0.39, 0.29) is 5.41 Å². The summed E-state index contributed by atoms with van der Waals surface area (Å²) in [4.78, 5) is 0. The number of nitrogens with zero attached hydrogens (tertiary/aromatic N) is 4. The molecule has 26 heavy (non-hydrogen) atoms. The zero-order valence-electron chi connectivity index (χ0n) is 14.5. The fourth-order valence-corrected chi connectivity index (χ4v) is 4.01. The summed E-state index contributed by atoms with van der Waals surface area (Å²) in [6.45, 7) is 4.42. The van der Waals surface area contributed by atoms with Crippen molar-refractivity contribution in [3.8, 4) is 5.69 Å². The number of aryl methyl sites for hydroxylation is 1. The number of rotatable bonds is 2. The number of fused-ring (bicyclic) bond motifs is 1. The van der Waals surface area contributed by atoms with Gasteiger partial charge in [0.2, 0.25) is 0 Å². The van der Waals surface area contributed by atoms with Crippen LogP contribution in [0.4, 0.5) is 5.69 Å². The van der Waals surface area contributed by atoms with E-state index in [9.17, 15) is 0 Å². The Kier molecular flexibility index (Phi) is 3.32. The Bertz CT molecular complexity index is 987. The lowest BCUT2D eigenvalue weighted by Gasteiger charge is -2.34. The highest BCUT2D eigenvalue weighted by atomic mass is 15.5. The van der Waals surface area contributed by atoms with Crippen LogP contribution in [0.25, 0.3) is 5.69 Å². The summed E-state index contributed by atoms with van der Waals surface area (Å²) in [6, 6.07) is 20.6. The summed E-state index contributed by atoms with van der Waals surface area (Å²) in [5.41, 5.74) is 5.69. The zero-order valence-corrected chi connectivity index (χ0v) is 14.5. The van der Waals surface area contributed by atoms with Crippen molar-refractivity contribution in [3.63, 3.8) is 0 Å². The second-order valence-electron chi connectivity index (χ2n) is 7.04. The maximum Gasteiger partial charge on any atom is 0.0648 e. The van der Waals surface area contributed by atoms with E-state index in [0.717, 1.165) is 36.3 Å². The minimum atomic E-state index is -0.130. The van der Waals surface area contributed by atoms with Gasteiger partial charge in [0.1, 0.15) is 0 Å². The number of para-hydroxylation sites is 2. The molecule has 1 aliphatic carbocycles. The molecular formula is C22H20N4. The Balaban J connectivity index is 1.51. The Hall–Kier alpha value is -3.14. The van der Waals surface area contributed by atoms with Gasteiger partial charge in [-0.1, -0.05) is 43.0 Å². The number of hydrogen-bond acceptors (Lipinski definition) is 3. The van der Waals surface area contributed by atoms with Gasteiger partial charge in [-0.15, -0.1) is 0 Å². The molecular weight excluding hydrogens is 320 g/mol. The second-order valence-corrected chi connectivity index (χ2v) is 7.04. The molecule has 3 aromatic rings. The van der Waals surface area contributed by atoms with Crippen molar-refractivity contribution in [1.29, 1.82) is 0 Å². The highest BCUT2D eigenvalue weighted by Crippen LogP contribution is 2.45. The monoisotopic (exact) mass is 340 g/mol. The molecule has 2 aromatic carbocycles. The van der Waals surface area contributed by atoms with Crippen LogP contribution in [-0.4, -0.2) is 16.0 Å². The fourth-order valence-electron chi connectivity index (χ4n) is 4.01. The molecule has 1 spiro atoms. The van der Waals surface area contributed by atoms with Crippen LogP contribution >= 0.6 is 0 Å². The van der Waals surface area contributed by atoms with Crippen LogP contribution in [0.5, 0.6) is 0 Å². The molecule has 0 saturated heterocycles. The van der Waals surface area contributed by atoms with Crippen molar-refractivity contribution < 1.29 is 0 Å². The Morgan fingerprint density at radius 2 is 1.62 bits per heavy atom. The minimum absolute atomic E-state index is 0.130. The molecule has 0 fully saturated rings. The van der Waals surface area contributed by atoms with Crippen LogP contribution in [-0.2, 0) is 12.8 Å². The van der Waals surface area contributed by atoms with Crippen molar-refractivity contribution in [1.82, 2.24) is 9.78 Å². The molecule has 0 bridgehead atoms. The van der Waals surface area contributed by atoms with Crippen molar-refractivity contribution in [2.75, 3.05) is 5.01 Å². The minimum Gasteiger partial charge on any atom is -0.238 e. The van der Waals surface area contributed by atoms with Crippen LogP contribution in [0, 0.1) is 5.41 Å². The molecule has 1 aromatic heterocycles. The largest absolute Gasteiger partial charge is 0.238 e. The number of hydrogen-bond donors (Lipinski definition) is 0. The second kappa shape index (κ2) is 5.70. The maximum absolute atomic E-state index is 4.70.